The lowest BCUT2D eigenvalue weighted by atomic mass is 10.0. The van der Waals surface area contributed by atoms with E-state index in [-0.39, 0.29) is 13.0 Å². The third-order valence-electron chi connectivity index (χ3n) is 5.86. The van der Waals surface area contributed by atoms with Gasteiger partial charge in [0.15, 0.2) is 0 Å². The Morgan fingerprint density at radius 2 is 1.58 bits per heavy atom. The number of hydrogen-bond donors (Lipinski definition) is 2. The molecule has 2 N–H and O–H groups in total. The molecule has 0 aliphatic carbocycles. The molecule has 0 radical (unpaired) electrons. The Bertz CT molecular complexity index is 1090. The summed E-state index contributed by atoms with van der Waals surface area (Å²) in [5.74, 6) is -4.31. The summed E-state index contributed by atoms with van der Waals surface area (Å²) in [5, 5.41) is 5.57. The summed E-state index contributed by atoms with van der Waals surface area (Å²) in [7, 11) is 0. The van der Waals surface area contributed by atoms with Gasteiger partial charge in [0.2, 0.25) is 11.7 Å². The van der Waals surface area contributed by atoms with Gasteiger partial charge in [0, 0.05) is 12.3 Å². The minimum atomic E-state index is -1.16. The van der Waals surface area contributed by atoms with Crippen LogP contribution >= 0.6 is 0 Å². The van der Waals surface area contributed by atoms with E-state index in [9.17, 15) is 24.0 Å². The summed E-state index contributed by atoms with van der Waals surface area (Å²) >= 11 is 0. The van der Waals surface area contributed by atoms with E-state index >= 15 is 0 Å². The maximum atomic E-state index is 13.4. The SMILES string of the molecule is CC(C)C(=O)N(C(=O)C(=O)CCc1ccccc1)C(=O)[C@H]1NCCC1NC(=O)OCc1ccccc1. The van der Waals surface area contributed by atoms with Gasteiger partial charge in [-0.05, 0) is 30.5 Å². The summed E-state index contributed by atoms with van der Waals surface area (Å²) in [6, 6.07) is 16.5. The van der Waals surface area contributed by atoms with E-state index in [1.165, 1.54) is 0 Å². The Labute approximate surface area is 210 Å². The topological polar surface area (TPSA) is 122 Å². The zero-order chi connectivity index (χ0) is 26.1. The van der Waals surface area contributed by atoms with Gasteiger partial charge in [-0.1, -0.05) is 74.5 Å². The first-order valence-electron chi connectivity index (χ1n) is 12.0. The highest BCUT2D eigenvalue weighted by Gasteiger charge is 2.43. The van der Waals surface area contributed by atoms with Gasteiger partial charge in [0.05, 0.1) is 6.04 Å². The van der Waals surface area contributed by atoms with Crippen LogP contribution in [0, 0.1) is 5.92 Å². The lowest BCUT2D eigenvalue weighted by Crippen LogP contribution is -2.58. The molecule has 1 saturated heterocycles. The standard InChI is InChI=1S/C27H31N3O6/c1-18(2)24(32)30(25(33)22(31)14-13-19-9-5-3-6-10-19)26(34)23-21(15-16-28-23)29-27(35)36-17-20-11-7-4-8-12-20/h3-12,18,21,23,28H,13-17H2,1-2H3,(H,29,35)/t21?,23-/m0/s1. The number of alkyl carbamates (subject to hydrolysis) is 1. The number of nitrogens with one attached hydrogen (secondary N) is 2. The second-order valence-corrected chi connectivity index (χ2v) is 8.91. The third kappa shape index (κ3) is 7.08. The van der Waals surface area contributed by atoms with Crippen LogP contribution in [0.1, 0.15) is 37.8 Å². The average molecular weight is 494 g/mol. The molecule has 1 aliphatic heterocycles. The van der Waals surface area contributed by atoms with E-state index < -0.39 is 47.6 Å². The highest BCUT2D eigenvalue weighted by Crippen LogP contribution is 2.15. The van der Waals surface area contributed by atoms with Crippen LogP contribution in [0.5, 0.6) is 0 Å². The molecule has 2 aromatic carbocycles. The van der Waals surface area contributed by atoms with Crippen molar-refractivity contribution in [2.45, 2.75) is 51.8 Å². The van der Waals surface area contributed by atoms with Crippen LogP contribution in [-0.4, -0.2) is 53.1 Å². The fourth-order valence-electron chi connectivity index (χ4n) is 3.87. The second kappa shape index (κ2) is 12.7. The van der Waals surface area contributed by atoms with E-state index in [1.807, 2.05) is 60.7 Å². The molecule has 0 saturated carbocycles. The molecule has 0 spiro atoms. The minimum Gasteiger partial charge on any atom is -0.445 e. The molecular formula is C27H31N3O6. The molecule has 2 aromatic rings. The fourth-order valence-corrected chi connectivity index (χ4v) is 3.87. The van der Waals surface area contributed by atoms with Gasteiger partial charge in [0.25, 0.3) is 5.91 Å². The van der Waals surface area contributed by atoms with Crippen molar-refractivity contribution in [3.8, 4) is 0 Å². The molecular weight excluding hydrogens is 462 g/mol. The van der Waals surface area contributed by atoms with Crippen molar-refractivity contribution in [2.75, 3.05) is 6.54 Å². The van der Waals surface area contributed by atoms with Gasteiger partial charge in [0.1, 0.15) is 12.6 Å². The average Bonchev–Trinajstić information content (AvgIpc) is 3.35. The molecule has 1 fully saturated rings. The van der Waals surface area contributed by atoms with Gasteiger partial charge in [-0.25, -0.2) is 9.69 Å². The first-order chi connectivity index (χ1) is 17.3. The lowest BCUT2D eigenvalue weighted by Gasteiger charge is -2.26. The monoisotopic (exact) mass is 493 g/mol. The number of hydrogen-bond acceptors (Lipinski definition) is 7. The zero-order valence-electron chi connectivity index (χ0n) is 20.4. The molecule has 1 unspecified atom stereocenters. The Kier molecular flexibility index (Phi) is 9.46. The van der Waals surface area contributed by atoms with Crippen LogP contribution < -0.4 is 10.6 Å². The van der Waals surface area contributed by atoms with E-state index in [2.05, 4.69) is 10.6 Å². The Balaban J connectivity index is 1.66. The molecule has 0 aromatic heterocycles. The highest BCUT2D eigenvalue weighted by atomic mass is 16.5. The number of imide groups is 3. The molecule has 1 aliphatic rings. The molecule has 4 amide bonds. The number of amides is 4. The highest BCUT2D eigenvalue weighted by molar-refractivity contribution is 6.42. The van der Waals surface area contributed by atoms with Crippen molar-refractivity contribution >= 4 is 29.6 Å². The number of rotatable bonds is 9. The molecule has 3 rings (SSSR count). The van der Waals surface area contributed by atoms with E-state index in [4.69, 9.17) is 4.74 Å². The summed E-state index contributed by atoms with van der Waals surface area (Å²) in [5.41, 5.74) is 1.67. The molecule has 2 atom stereocenters. The van der Waals surface area contributed by atoms with Crippen LogP contribution in [0.15, 0.2) is 60.7 Å². The number of carbonyl (C=O) groups is 5. The van der Waals surface area contributed by atoms with Crippen molar-refractivity contribution in [3.05, 3.63) is 71.8 Å². The predicted molar refractivity (Wildman–Crippen MR) is 131 cm³/mol. The van der Waals surface area contributed by atoms with Crippen LogP contribution in [0.2, 0.25) is 0 Å². The normalized spacial score (nSPS) is 16.9. The summed E-state index contributed by atoms with van der Waals surface area (Å²) < 4.78 is 5.23. The second-order valence-electron chi connectivity index (χ2n) is 8.91. The minimum absolute atomic E-state index is 0.0534. The number of ketones is 1. The molecule has 190 valence electrons. The number of nitrogens with zero attached hydrogens (tertiary/aromatic N) is 1. The Hall–Kier alpha value is -3.85. The molecule has 36 heavy (non-hydrogen) atoms. The Morgan fingerprint density at radius 3 is 2.19 bits per heavy atom. The van der Waals surface area contributed by atoms with Crippen LogP contribution in [-0.2, 0) is 36.9 Å². The van der Waals surface area contributed by atoms with Gasteiger partial charge < -0.3 is 15.4 Å². The number of carbonyl (C=O) groups excluding carboxylic acids is 5. The van der Waals surface area contributed by atoms with Crippen molar-refractivity contribution < 1.29 is 28.7 Å². The maximum Gasteiger partial charge on any atom is 0.407 e. The van der Waals surface area contributed by atoms with Crippen molar-refractivity contribution in [1.82, 2.24) is 15.5 Å². The smallest absolute Gasteiger partial charge is 0.407 e. The van der Waals surface area contributed by atoms with Gasteiger partial charge >= 0.3 is 12.0 Å². The lowest BCUT2D eigenvalue weighted by molar-refractivity contribution is -0.160. The first-order valence-corrected chi connectivity index (χ1v) is 12.0. The van der Waals surface area contributed by atoms with Crippen molar-refractivity contribution in [2.24, 2.45) is 5.92 Å². The fraction of sp³-hybridized carbons (Fsp3) is 0.370. The van der Waals surface area contributed by atoms with Crippen molar-refractivity contribution in [1.29, 1.82) is 0 Å². The van der Waals surface area contributed by atoms with Gasteiger partial charge in [-0.3, -0.25) is 19.2 Å². The summed E-state index contributed by atoms with van der Waals surface area (Å²) in [6.45, 7) is 3.52. The molecule has 1 heterocycles. The molecule has 9 heteroatoms. The molecule has 9 nitrogen and oxygen atoms in total. The predicted octanol–water partition coefficient (Wildman–Crippen LogP) is 2.38. The zero-order valence-corrected chi connectivity index (χ0v) is 20.4. The van der Waals surface area contributed by atoms with Crippen LogP contribution in [0.4, 0.5) is 4.79 Å². The summed E-state index contributed by atoms with van der Waals surface area (Å²) in [4.78, 5) is 64.6. The van der Waals surface area contributed by atoms with E-state index in [0.29, 0.717) is 24.3 Å². The van der Waals surface area contributed by atoms with Crippen LogP contribution in [0.3, 0.4) is 0 Å². The number of aryl methyl sites for hydroxylation is 1. The number of ether oxygens (including phenoxy) is 1. The van der Waals surface area contributed by atoms with E-state index in [0.717, 1.165) is 11.1 Å². The maximum absolute atomic E-state index is 13.4. The van der Waals surface area contributed by atoms with Crippen molar-refractivity contribution in [3.63, 3.8) is 0 Å². The first kappa shape index (κ1) is 26.7. The quantitative estimate of drug-likeness (QED) is 0.515. The van der Waals surface area contributed by atoms with Gasteiger partial charge in [-0.2, -0.15) is 0 Å². The number of Topliss-reactive ketones (excluding diaryl/α,β-unsaturated/α-hetero) is 1. The number of benzene rings is 2. The summed E-state index contributed by atoms with van der Waals surface area (Å²) in [6.07, 6.45) is -0.166. The van der Waals surface area contributed by atoms with E-state index in [1.54, 1.807) is 13.8 Å². The van der Waals surface area contributed by atoms with Gasteiger partial charge in [-0.15, -0.1) is 0 Å². The largest absolute Gasteiger partial charge is 0.445 e. The Morgan fingerprint density at radius 1 is 0.972 bits per heavy atom. The molecule has 0 bridgehead atoms. The van der Waals surface area contributed by atoms with Crippen LogP contribution in [0.25, 0.3) is 0 Å². The third-order valence-corrected chi connectivity index (χ3v) is 5.86.